The summed E-state index contributed by atoms with van der Waals surface area (Å²) >= 11 is 0. The molecule has 2 atom stereocenters. The first kappa shape index (κ1) is 10.3. The number of aliphatic carboxylic acids is 1. The lowest BCUT2D eigenvalue weighted by Crippen LogP contribution is -2.51. The minimum absolute atomic E-state index is 0.116. The third-order valence-electron chi connectivity index (χ3n) is 1.36. The molecule has 5 heteroatoms. The van der Waals surface area contributed by atoms with Crippen LogP contribution in [0.4, 0.5) is 0 Å². The number of rotatable bonds is 4. The van der Waals surface area contributed by atoms with Crippen molar-refractivity contribution in [3.63, 3.8) is 0 Å². The van der Waals surface area contributed by atoms with Gasteiger partial charge in [0.05, 0.1) is 18.9 Å². The molecule has 5 N–H and O–H groups in total. The first-order valence-corrected chi connectivity index (χ1v) is 3.44. The van der Waals surface area contributed by atoms with Crippen molar-refractivity contribution in [2.45, 2.75) is 26.2 Å². The average Bonchev–Trinajstić information content (AvgIpc) is 1.81. The Morgan fingerprint density at radius 2 is 1.82 bits per heavy atom. The van der Waals surface area contributed by atoms with Crippen LogP contribution >= 0.6 is 0 Å². The predicted octanol–water partition coefficient (Wildman–Crippen LogP) is -1.02. The molecule has 0 aliphatic carbocycles. The van der Waals surface area contributed by atoms with Crippen LogP contribution in [0, 0.1) is 0 Å². The summed E-state index contributed by atoms with van der Waals surface area (Å²) in [5.74, 6) is -0.917. The second-order valence-electron chi connectivity index (χ2n) is 2.55. The van der Waals surface area contributed by atoms with Gasteiger partial charge in [-0.15, -0.1) is 0 Å². The second-order valence-corrected chi connectivity index (χ2v) is 2.55. The van der Waals surface area contributed by atoms with Crippen LogP contribution in [0.3, 0.4) is 0 Å². The minimum Gasteiger partial charge on any atom is -0.480 e. The second kappa shape index (κ2) is 4.27. The van der Waals surface area contributed by atoms with E-state index in [0.29, 0.717) is 0 Å². The summed E-state index contributed by atoms with van der Waals surface area (Å²) in [7, 11) is 0. The highest BCUT2D eigenvalue weighted by Crippen LogP contribution is 1.95. The summed E-state index contributed by atoms with van der Waals surface area (Å²) in [6, 6.07) is 0. The molecule has 0 heterocycles. The van der Waals surface area contributed by atoms with Crippen LogP contribution in [-0.4, -0.2) is 34.9 Å². The fourth-order valence-corrected chi connectivity index (χ4v) is 0.815. The Labute approximate surface area is 66.0 Å². The lowest BCUT2D eigenvalue weighted by atomic mass is 10.4. The number of carboxylic acid groups (broad SMARTS) is 1. The maximum absolute atomic E-state index is 10.3. The zero-order valence-electron chi connectivity index (χ0n) is 6.82. The molecule has 0 spiro atoms. The highest BCUT2D eigenvalue weighted by atomic mass is 16.4. The Morgan fingerprint density at radius 3 is 1.91 bits per heavy atom. The molecular formula is C6H15N3O2. The van der Waals surface area contributed by atoms with Crippen LogP contribution in [0.2, 0.25) is 0 Å². The molecule has 0 aliphatic heterocycles. The van der Waals surface area contributed by atoms with Crippen molar-refractivity contribution >= 4 is 5.97 Å². The molecule has 0 amide bonds. The van der Waals surface area contributed by atoms with Crippen LogP contribution in [-0.2, 0) is 4.79 Å². The summed E-state index contributed by atoms with van der Waals surface area (Å²) < 4.78 is 0. The number of hydrogen-bond donors (Lipinski definition) is 3. The van der Waals surface area contributed by atoms with E-state index >= 15 is 0 Å². The van der Waals surface area contributed by atoms with E-state index in [9.17, 15) is 4.79 Å². The van der Waals surface area contributed by atoms with Gasteiger partial charge < -0.3 is 16.6 Å². The van der Waals surface area contributed by atoms with Crippen LogP contribution in [0.5, 0.6) is 0 Å². The molecule has 0 aliphatic rings. The molecule has 0 aromatic heterocycles. The predicted molar refractivity (Wildman–Crippen MR) is 41.6 cm³/mol. The summed E-state index contributed by atoms with van der Waals surface area (Å²) in [5.41, 5.74) is 10.9. The van der Waals surface area contributed by atoms with Crippen molar-refractivity contribution < 1.29 is 9.90 Å². The SMILES string of the molecule is CC(N)N(CC(=O)O)C(C)N. The van der Waals surface area contributed by atoms with E-state index in [4.69, 9.17) is 16.6 Å². The molecule has 2 unspecified atom stereocenters. The van der Waals surface area contributed by atoms with E-state index in [1.54, 1.807) is 13.8 Å². The number of nitrogens with zero attached hydrogens (tertiary/aromatic N) is 1. The Balaban J connectivity index is 4.00. The third kappa shape index (κ3) is 3.92. The largest absolute Gasteiger partial charge is 0.480 e. The molecule has 0 saturated carbocycles. The van der Waals surface area contributed by atoms with Crippen LogP contribution in [0.15, 0.2) is 0 Å². The van der Waals surface area contributed by atoms with Crippen molar-refractivity contribution in [2.24, 2.45) is 11.5 Å². The molecule has 0 aromatic rings. The van der Waals surface area contributed by atoms with Crippen molar-refractivity contribution in [1.29, 1.82) is 0 Å². The van der Waals surface area contributed by atoms with E-state index < -0.39 is 5.97 Å². The monoisotopic (exact) mass is 161 g/mol. The third-order valence-corrected chi connectivity index (χ3v) is 1.36. The molecule has 0 radical (unpaired) electrons. The minimum atomic E-state index is -0.917. The Kier molecular flexibility index (Phi) is 4.02. The standard InChI is InChI=1S/C6H15N3O2/c1-4(7)9(5(2)8)3-6(10)11/h4-5H,3,7-8H2,1-2H3,(H,10,11). The molecule has 0 saturated heterocycles. The molecular weight excluding hydrogens is 146 g/mol. The van der Waals surface area contributed by atoms with Gasteiger partial charge in [0.25, 0.3) is 0 Å². The fraction of sp³-hybridized carbons (Fsp3) is 0.833. The number of carbonyl (C=O) groups is 1. The van der Waals surface area contributed by atoms with Crippen molar-refractivity contribution in [1.82, 2.24) is 4.90 Å². The Bertz CT molecular complexity index is 128. The average molecular weight is 161 g/mol. The molecule has 0 rings (SSSR count). The van der Waals surface area contributed by atoms with Crippen molar-refractivity contribution in [2.75, 3.05) is 6.54 Å². The zero-order valence-corrected chi connectivity index (χ0v) is 6.82. The Morgan fingerprint density at radius 1 is 1.45 bits per heavy atom. The van der Waals surface area contributed by atoms with Gasteiger partial charge in [0, 0.05) is 0 Å². The topological polar surface area (TPSA) is 92.6 Å². The molecule has 66 valence electrons. The molecule has 0 aromatic carbocycles. The first-order valence-electron chi connectivity index (χ1n) is 3.44. The molecule has 5 nitrogen and oxygen atoms in total. The quantitative estimate of drug-likeness (QED) is 0.459. The molecule has 11 heavy (non-hydrogen) atoms. The van der Waals surface area contributed by atoms with Gasteiger partial charge in [-0.1, -0.05) is 0 Å². The summed E-state index contributed by atoms with van der Waals surface area (Å²) in [6.45, 7) is 3.29. The van der Waals surface area contributed by atoms with Gasteiger partial charge in [0.15, 0.2) is 0 Å². The normalized spacial score (nSPS) is 16.5. The van der Waals surface area contributed by atoms with Crippen LogP contribution < -0.4 is 11.5 Å². The van der Waals surface area contributed by atoms with Gasteiger partial charge >= 0.3 is 5.97 Å². The van der Waals surface area contributed by atoms with Crippen LogP contribution in [0.1, 0.15) is 13.8 Å². The highest BCUT2D eigenvalue weighted by molar-refractivity contribution is 5.69. The summed E-state index contributed by atoms with van der Waals surface area (Å²) in [6.07, 6.45) is -0.655. The summed E-state index contributed by atoms with van der Waals surface area (Å²) in [5, 5.41) is 8.43. The molecule has 0 fully saturated rings. The van der Waals surface area contributed by atoms with Gasteiger partial charge in [0.1, 0.15) is 0 Å². The highest BCUT2D eigenvalue weighted by Gasteiger charge is 2.16. The van der Waals surface area contributed by atoms with E-state index in [1.165, 1.54) is 4.90 Å². The van der Waals surface area contributed by atoms with E-state index in [2.05, 4.69) is 0 Å². The first-order chi connectivity index (χ1) is 4.95. The maximum atomic E-state index is 10.3. The van der Waals surface area contributed by atoms with Crippen molar-refractivity contribution in [3.8, 4) is 0 Å². The number of hydrogen-bond acceptors (Lipinski definition) is 4. The zero-order chi connectivity index (χ0) is 9.02. The van der Waals surface area contributed by atoms with E-state index in [1.807, 2.05) is 0 Å². The summed E-state index contributed by atoms with van der Waals surface area (Å²) in [4.78, 5) is 11.8. The number of nitrogens with two attached hydrogens (primary N) is 2. The smallest absolute Gasteiger partial charge is 0.317 e. The van der Waals surface area contributed by atoms with Gasteiger partial charge in [-0.3, -0.25) is 9.69 Å². The van der Waals surface area contributed by atoms with E-state index in [-0.39, 0.29) is 18.9 Å². The lowest BCUT2D eigenvalue weighted by molar-refractivity contribution is -0.139. The Hall–Kier alpha value is -0.650. The number of carboxylic acids is 1. The van der Waals surface area contributed by atoms with Gasteiger partial charge in [-0.05, 0) is 13.8 Å². The molecule has 0 bridgehead atoms. The van der Waals surface area contributed by atoms with Gasteiger partial charge in [0.2, 0.25) is 0 Å². The maximum Gasteiger partial charge on any atom is 0.317 e. The fourth-order valence-electron chi connectivity index (χ4n) is 0.815. The van der Waals surface area contributed by atoms with E-state index in [0.717, 1.165) is 0 Å². The van der Waals surface area contributed by atoms with Gasteiger partial charge in [-0.2, -0.15) is 0 Å². The van der Waals surface area contributed by atoms with Gasteiger partial charge in [-0.25, -0.2) is 0 Å². The lowest BCUT2D eigenvalue weighted by Gasteiger charge is -2.27. The van der Waals surface area contributed by atoms with Crippen LogP contribution in [0.25, 0.3) is 0 Å². The van der Waals surface area contributed by atoms with Crippen molar-refractivity contribution in [3.05, 3.63) is 0 Å².